The van der Waals surface area contributed by atoms with E-state index in [4.69, 9.17) is 5.73 Å². The maximum atomic E-state index is 12.9. The first-order valence-corrected chi connectivity index (χ1v) is 8.00. The van der Waals surface area contributed by atoms with Gasteiger partial charge in [0.15, 0.2) is 0 Å². The number of nitrogens with zero attached hydrogens (tertiary/aromatic N) is 2. The van der Waals surface area contributed by atoms with Gasteiger partial charge in [-0.05, 0) is 18.2 Å². The third kappa shape index (κ3) is 2.91. The first-order chi connectivity index (χ1) is 11.0. The number of carbonyl (C=O) groups excluding carboxylic acids is 1. The Hall–Kier alpha value is -2.29. The average molecular weight is 368 g/mol. The molecule has 7 nitrogen and oxygen atoms in total. The summed E-state index contributed by atoms with van der Waals surface area (Å²) in [6.07, 6.45) is 0. The number of hydrogen-bond acceptors (Lipinski definition) is 5. The number of fused-ring (bicyclic) bond motifs is 2. The van der Waals surface area contributed by atoms with Crippen LogP contribution < -0.4 is 10.6 Å². The fourth-order valence-corrected chi connectivity index (χ4v) is 3.91. The van der Waals surface area contributed by atoms with Crippen molar-refractivity contribution >= 4 is 40.5 Å². The van der Waals surface area contributed by atoms with E-state index in [9.17, 15) is 19.1 Å². The number of halogens is 1. The molecule has 2 aromatic rings. The molecule has 2 N–H and O–H groups in total. The number of rotatable bonds is 3. The van der Waals surface area contributed by atoms with Crippen LogP contribution in [0.4, 0.5) is 11.4 Å². The van der Waals surface area contributed by atoms with Gasteiger partial charge >= 0.3 is 0 Å². The highest BCUT2D eigenvalue weighted by atomic mass is 35.5. The molecule has 1 heterocycles. The van der Waals surface area contributed by atoms with E-state index in [-0.39, 0.29) is 42.0 Å². The highest BCUT2D eigenvalue weighted by molar-refractivity contribution is 7.85. The standard InChI is InChI=1S/C15H13N3O4S.ClH/c16-7-8-17-12-6-5-10(18(20)21)9-14(12)23(22)13-4-2-1-3-11(13)15(17)19;/h1-6,9H,7-8,16H2;1H. The van der Waals surface area contributed by atoms with Crippen molar-refractivity contribution in [2.45, 2.75) is 9.79 Å². The summed E-state index contributed by atoms with van der Waals surface area (Å²) < 4.78 is 12.9. The fraction of sp³-hybridized carbons (Fsp3) is 0.133. The summed E-state index contributed by atoms with van der Waals surface area (Å²) in [5.74, 6) is -0.313. The van der Waals surface area contributed by atoms with Crippen LogP contribution >= 0.6 is 12.4 Å². The molecule has 1 atom stereocenters. The number of anilines is 1. The summed E-state index contributed by atoms with van der Waals surface area (Å²) in [7, 11) is -1.69. The Labute approximate surface area is 146 Å². The van der Waals surface area contributed by atoms with Crippen LogP contribution in [0, 0.1) is 10.1 Å². The number of nitro groups is 1. The van der Waals surface area contributed by atoms with Gasteiger partial charge in [-0.15, -0.1) is 12.4 Å². The van der Waals surface area contributed by atoms with Crippen LogP contribution in [0.3, 0.4) is 0 Å². The van der Waals surface area contributed by atoms with E-state index in [1.807, 2.05) is 0 Å². The van der Waals surface area contributed by atoms with E-state index < -0.39 is 15.7 Å². The molecule has 1 aliphatic rings. The molecule has 24 heavy (non-hydrogen) atoms. The molecule has 0 bridgehead atoms. The van der Waals surface area contributed by atoms with Crippen molar-refractivity contribution < 1.29 is 13.9 Å². The quantitative estimate of drug-likeness (QED) is 0.660. The van der Waals surface area contributed by atoms with Gasteiger partial charge in [-0.1, -0.05) is 12.1 Å². The van der Waals surface area contributed by atoms with Crippen LogP contribution in [0.2, 0.25) is 0 Å². The molecule has 0 saturated carbocycles. The minimum absolute atomic E-state index is 0. The molecular weight excluding hydrogens is 354 g/mol. The van der Waals surface area contributed by atoms with Crippen molar-refractivity contribution in [1.82, 2.24) is 0 Å². The normalized spacial score (nSPS) is 15.8. The Morgan fingerprint density at radius 3 is 2.54 bits per heavy atom. The Morgan fingerprint density at radius 2 is 1.88 bits per heavy atom. The largest absolute Gasteiger partial charge is 0.329 e. The second-order valence-corrected chi connectivity index (χ2v) is 6.34. The molecule has 0 radical (unpaired) electrons. The number of amides is 1. The third-order valence-corrected chi connectivity index (χ3v) is 5.04. The summed E-state index contributed by atoms with van der Waals surface area (Å²) in [6.45, 7) is 0.451. The van der Waals surface area contributed by atoms with Gasteiger partial charge in [0.05, 0.1) is 36.8 Å². The summed E-state index contributed by atoms with van der Waals surface area (Å²) in [6, 6.07) is 10.6. The first kappa shape index (κ1) is 18.1. The minimum Gasteiger partial charge on any atom is -0.329 e. The number of nitrogens with two attached hydrogens (primary N) is 1. The maximum Gasteiger partial charge on any atom is 0.270 e. The molecule has 0 aliphatic carbocycles. The molecule has 2 aromatic carbocycles. The van der Waals surface area contributed by atoms with Gasteiger partial charge in [-0.25, -0.2) is 4.21 Å². The van der Waals surface area contributed by atoms with E-state index in [2.05, 4.69) is 0 Å². The minimum atomic E-state index is -1.69. The van der Waals surface area contributed by atoms with Crippen molar-refractivity contribution in [2.75, 3.05) is 18.0 Å². The summed E-state index contributed by atoms with van der Waals surface area (Å²) in [5.41, 5.74) is 6.12. The highest BCUT2D eigenvalue weighted by Crippen LogP contribution is 2.36. The van der Waals surface area contributed by atoms with Gasteiger partial charge in [0.2, 0.25) is 0 Å². The smallest absolute Gasteiger partial charge is 0.270 e. The number of non-ortho nitro benzene ring substituents is 1. The van der Waals surface area contributed by atoms with Crippen LogP contribution in [0.15, 0.2) is 52.3 Å². The molecule has 3 rings (SSSR count). The number of hydrogen-bond donors (Lipinski definition) is 1. The monoisotopic (exact) mass is 367 g/mol. The second-order valence-electron chi connectivity index (χ2n) is 4.92. The highest BCUT2D eigenvalue weighted by Gasteiger charge is 2.31. The molecular formula is C15H14ClN3O4S. The van der Waals surface area contributed by atoms with E-state index >= 15 is 0 Å². The predicted molar refractivity (Wildman–Crippen MR) is 92.2 cm³/mol. The first-order valence-electron chi connectivity index (χ1n) is 6.85. The van der Waals surface area contributed by atoms with Crippen LogP contribution in [-0.4, -0.2) is 28.1 Å². The Bertz CT molecular complexity index is 843. The van der Waals surface area contributed by atoms with E-state index in [1.54, 1.807) is 24.3 Å². The molecule has 0 spiro atoms. The van der Waals surface area contributed by atoms with Crippen molar-refractivity contribution in [2.24, 2.45) is 5.73 Å². The number of carbonyl (C=O) groups is 1. The summed E-state index contributed by atoms with van der Waals surface area (Å²) in [4.78, 5) is 25.2. The van der Waals surface area contributed by atoms with Crippen LogP contribution in [0.25, 0.3) is 0 Å². The number of benzene rings is 2. The maximum absolute atomic E-state index is 12.9. The van der Waals surface area contributed by atoms with Gasteiger partial charge in [0.1, 0.15) is 0 Å². The Morgan fingerprint density at radius 1 is 1.17 bits per heavy atom. The zero-order valence-electron chi connectivity index (χ0n) is 12.4. The molecule has 0 aromatic heterocycles. The van der Waals surface area contributed by atoms with Crippen molar-refractivity contribution in [3.63, 3.8) is 0 Å². The van der Waals surface area contributed by atoms with E-state index in [0.29, 0.717) is 16.1 Å². The Balaban J connectivity index is 0.00000208. The van der Waals surface area contributed by atoms with E-state index in [0.717, 1.165) is 0 Å². The molecule has 1 amide bonds. The lowest BCUT2D eigenvalue weighted by Gasteiger charge is -2.21. The average Bonchev–Trinajstić information content (AvgIpc) is 2.65. The lowest BCUT2D eigenvalue weighted by atomic mass is 10.1. The molecule has 0 fully saturated rings. The molecule has 1 aliphatic heterocycles. The lowest BCUT2D eigenvalue weighted by molar-refractivity contribution is -0.385. The van der Waals surface area contributed by atoms with E-state index in [1.165, 1.54) is 23.1 Å². The molecule has 0 saturated heterocycles. The van der Waals surface area contributed by atoms with Gasteiger partial charge in [-0.3, -0.25) is 14.9 Å². The summed E-state index contributed by atoms with van der Waals surface area (Å²) in [5, 5.41) is 11.0. The van der Waals surface area contributed by atoms with Gasteiger partial charge in [-0.2, -0.15) is 0 Å². The van der Waals surface area contributed by atoms with Crippen molar-refractivity contribution in [1.29, 1.82) is 0 Å². The van der Waals surface area contributed by atoms with Crippen LogP contribution in [0.1, 0.15) is 10.4 Å². The zero-order chi connectivity index (χ0) is 16.6. The topological polar surface area (TPSA) is 107 Å². The SMILES string of the molecule is Cl.NCCN1C(=O)c2ccccc2S(=O)c2cc([N+](=O)[O-])ccc21. The molecule has 126 valence electrons. The van der Waals surface area contributed by atoms with Gasteiger partial charge in [0, 0.05) is 25.2 Å². The van der Waals surface area contributed by atoms with Crippen LogP contribution in [0.5, 0.6) is 0 Å². The second kappa shape index (κ2) is 7.08. The fourth-order valence-electron chi connectivity index (χ4n) is 2.52. The zero-order valence-corrected chi connectivity index (χ0v) is 14.0. The third-order valence-electron chi connectivity index (χ3n) is 3.56. The number of nitro benzene ring substituents is 1. The van der Waals surface area contributed by atoms with Crippen molar-refractivity contribution in [3.05, 3.63) is 58.1 Å². The van der Waals surface area contributed by atoms with Crippen molar-refractivity contribution in [3.8, 4) is 0 Å². The summed E-state index contributed by atoms with van der Waals surface area (Å²) >= 11 is 0. The van der Waals surface area contributed by atoms with Crippen LogP contribution in [-0.2, 0) is 10.8 Å². The molecule has 1 unspecified atom stereocenters. The Kier molecular flexibility index (Phi) is 5.33. The predicted octanol–water partition coefficient (Wildman–Crippen LogP) is 2.10. The lowest BCUT2D eigenvalue weighted by Crippen LogP contribution is -2.35. The van der Waals surface area contributed by atoms with Gasteiger partial charge in [0.25, 0.3) is 11.6 Å². The molecule has 9 heteroatoms. The van der Waals surface area contributed by atoms with Gasteiger partial charge < -0.3 is 10.6 Å².